The summed E-state index contributed by atoms with van der Waals surface area (Å²) >= 11 is 0. The quantitative estimate of drug-likeness (QED) is 0.587. The van der Waals surface area contributed by atoms with Gasteiger partial charge in [0.2, 0.25) is 0 Å². The van der Waals surface area contributed by atoms with Gasteiger partial charge >= 0.3 is 0 Å². The van der Waals surface area contributed by atoms with Gasteiger partial charge in [-0.2, -0.15) is 0 Å². The topological polar surface area (TPSA) is 9.23 Å². The minimum atomic E-state index is 0.653. The van der Waals surface area contributed by atoms with Gasteiger partial charge in [0.25, 0.3) is 0 Å². The van der Waals surface area contributed by atoms with Crippen molar-refractivity contribution in [2.45, 2.75) is 63.9 Å². The van der Waals surface area contributed by atoms with Gasteiger partial charge in [0, 0.05) is 6.61 Å². The molecule has 5 rings (SSSR count). The Kier molecular flexibility index (Phi) is 2.82. The molecule has 0 aromatic rings. The molecule has 1 saturated heterocycles. The lowest BCUT2D eigenvalue weighted by Crippen LogP contribution is -2.40. The summed E-state index contributed by atoms with van der Waals surface area (Å²) in [7, 11) is 0. The van der Waals surface area contributed by atoms with Crippen LogP contribution in [0.1, 0.15) is 57.8 Å². The normalized spacial score (nSPS) is 53.6. The number of hydrogen-bond acceptors (Lipinski definition) is 1. The zero-order chi connectivity index (χ0) is 13.1. The highest BCUT2D eigenvalue weighted by Gasteiger charge is 2.54. The third-order valence-corrected chi connectivity index (χ3v) is 7.67. The van der Waals surface area contributed by atoms with Crippen molar-refractivity contribution >= 4 is 0 Å². The summed E-state index contributed by atoms with van der Waals surface area (Å²) in [5, 5.41) is 0. The van der Waals surface area contributed by atoms with Gasteiger partial charge in [-0.05, 0) is 86.9 Å². The number of ether oxygens (including phenoxy) is 1. The van der Waals surface area contributed by atoms with E-state index in [-0.39, 0.29) is 0 Å². The van der Waals surface area contributed by atoms with E-state index in [1.165, 1.54) is 57.8 Å². The molecule has 1 nitrogen and oxygen atoms in total. The Labute approximate surface area is 123 Å². The average molecular weight is 272 g/mol. The summed E-state index contributed by atoms with van der Waals surface area (Å²) in [5.74, 6) is 6.05. The summed E-state index contributed by atoms with van der Waals surface area (Å²) in [6, 6.07) is 0. The van der Waals surface area contributed by atoms with Crippen LogP contribution in [0.15, 0.2) is 11.6 Å². The minimum absolute atomic E-state index is 0.653. The number of rotatable bonds is 0. The van der Waals surface area contributed by atoms with E-state index in [9.17, 15) is 0 Å². The molecule has 4 fully saturated rings. The predicted octanol–water partition coefficient (Wildman–Crippen LogP) is 4.57. The van der Waals surface area contributed by atoms with Crippen molar-refractivity contribution in [3.63, 3.8) is 0 Å². The first-order valence-electron chi connectivity index (χ1n) is 9.22. The Balaban J connectivity index is 1.43. The van der Waals surface area contributed by atoms with Crippen LogP contribution in [0.3, 0.4) is 0 Å². The Morgan fingerprint density at radius 1 is 0.850 bits per heavy atom. The van der Waals surface area contributed by atoms with Crippen LogP contribution < -0.4 is 0 Å². The summed E-state index contributed by atoms with van der Waals surface area (Å²) in [4.78, 5) is 0. The molecule has 4 aliphatic carbocycles. The second-order valence-corrected chi connectivity index (χ2v) is 8.20. The first-order valence-corrected chi connectivity index (χ1v) is 9.22. The molecule has 1 heteroatoms. The second-order valence-electron chi connectivity index (χ2n) is 8.20. The summed E-state index contributed by atoms with van der Waals surface area (Å²) in [5.41, 5.74) is 1.87. The fraction of sp³-hybridized carbons (Fsp3) is 0.895. The Morgan fingerprint density at radius 3 is 2.80 bits per heavy atom. The van der Waals surface area contributed by atoms with Crippen molar-refractivity contribution in [1.82, 2.24) is 0 Å². The van der Waals surface area contributed by atoms with Crippen molar-refractivity contribution in [2.24, 2.45) is 35.5 Å². The smallest absolute Gasteiger partial charge is 0.0609 e. The maximum Gasteiger partial charge on any atom is 0.0609 e. The fourth-order valence-electron chi connectivity index (χ4n) is 6.94. The third-order valence-electron chi connectivity index (χ3n) is 7.67. The van der Waals surface area contributed by atoms with Gasteiger partial charge in [0.05, 0.1) is 6.10 Å². The molecule has 1 heterocycles. The molecule has 7 unspecified atom stereocenters. The fourth-order valence-corrected chi connectivity index (χ4v) is 6.94. The van der Waals surface area contributed by atoms with Crippen LogP contribution >= 0.6 is 0 Å². The zero-order valence-corrected chi connectivity index (χ0v) is 12.6. The second kappa shape index (κ2) is 4.60. The van der Waals surface area contributed by atoms with Crippen LogP contribution in [0.2, 0.25) is 0 Å². The standard InChI is InChI=1S/C19H28O/c1-2-4-13-12(3-1)5-6-15-14(13)7-8-16-17-9-10-20-19(17)11-18(15)16/h5,13-19H,1-4,6-11H2. The molecule has 0 aromatic carbocycles. The Morgan fingerprint density at radius 2 is 1.80 bits per heavy atom. The zero-order valence-electron chi connectivity index (χ0n) is 12.6. The van der Waals surface area contributed by atoms with Crippen molar-refractivity contribution in [1.29, 1.82) is 0 Å². The average Bonchev–Trinajstić information content (AvgIpc) is 3.07. The number of fused-ring (bicyclic) bond motifs is 7. The molecule has 20 heavy (non-hydrogen) atoms. The molecule has 0 N–H and O–H groups in total. The van der Waals surface area contributed by atoms with Crippen LogP contribution in [-0.4, -0.2) is 12.7 Å². The van der Waals surface area contributed by atoms with Gasteiger partial charge in [0.1, 0.15) is 0 Å². The molecule has 110 valence electrons. The Hall–Kier alpha value is -0.300. The van der Waals surface area contributed by atoms with Gasteiger partial charge < -0.3 is 4.74 Å². The molecule has 3 saturated carbocycles. The van der Waals surface area contributed by atoms with Gasteiger partial charge in [0.15, 0.2) is 0 Å². The number of hydrogen-bond donors (Lipinski definition) is 0. The lowest BCUT2D eigenvalue weighted by molar-refractivity contribution is 0.0465. The van der Waals surface area contributed by atoms with E-state index in [4.69, 9.17) is 4.74 Å². The molecule has 0 bridgehead atoms. The molecule has 5 aliphatic rings. The lowest BCUT2D eigenvalue weighted by atomic mass is 9.56. The SMILES string of the molecule is C1=C2CCCCC2C2CCC3C4CCOC4CC3C2C1. The highest BCUT2D eigenvalue weighted by molar-refractivity contribution is 5.18. The van der Waals surface area contributed by atoms with Crippen LogP contribution in [0.4, 0.5) is 0 Å². The third kappa shape index (κ3) is 1.65. The van der Waals surface area contributed by atoms with Crippen molar-refractivity contribution < 1.29 is 4.74 Å². The highest BCUT2D eigenvalue weighted by Crippen LogP contribution is 2.59. The maximum absolute atomic E-state index is 6.04. The van der Waals surface area contributed by atoms with Gasteiger partial charge in [-0.3, -0.25) is 0 Å². The van der Waals surface area contributed by atoms with E-state index >= 15 is 0 Å². The van der Waals surface area contributed by atoms with Gasteiger partial charge in [-0.1, -0.05) is 18.1 Å². The molecule has 0 spiro atoms. The molecular formula is C19H28O. The van der Waals surface area contributed by atoms with E-state index in [0.29, 0.717) is 6.10 Å². The van der Waals surface area contributed by atoms with Crippen LogP contribution in [0.25, 0.3) is 0 Å². The summed E-state index contributed by atoms with van der Waals surface area (Å²) < 4.78 is 6.04. The van der Waals surface area contributed by atoms with E-state index in [2.05, 4.69) is 6.08 Å². The highest BCUT2D eigenvalue weighted by atomic mass is 16.5. The lowest BCUT2D eigenvalue weighted by Gasteiger charge is -2.49. The van der Waals surface area contributed by atoms with Gasteiger partial charge in [-0.25, -0.2) is 0 Å². The Bertz CT molecular complexity index is 425. The van der Waals surface area contributed by atoms with E-state index in [1.807, 2.05) is 5.57 Å². The van der Waals surface area contributed by atoms with E-state index in [0.717, 1.165) is 42.1 Å². The predicted molar refractivity (Wildman–Crippen MR) is 80.3 cm³/mol. The monoisotopic (exact) mass is 272 g/mol. The summed E-state index contributed by atoms with van der Waals surface area (Å²) in [6.07, 6.45) is 16.5. The maximum atomic E-state index is 6.04. The van der Waals surface area contributed by atoms with Crippen molar-refractivity contribution in [3.8, 4) is 0 Å². The molecule has 0 radical (unpaired) electrons. The van der Waals surface area contributed by atoms with E-state index in [1.54, 1.807) is 0 Å². The molecular weight excluding hydrogens is 244 g/mol. The largest absolute Gasteiger partial charge is 0.378 e. The number of allylic oxidation sites excluding steroid dienone is 2. The molecule has 0 amide bonds. The first kappa shape index (κ1) is 12.3. The minimum Gasteiger partial charge on any atom is -0.378 e. The van der Waals surface area contributed by atoms with Gasteiger partial charge in [-0.15, -0.1) is 0 Å². The van der Waals surface area contributed by atoms with Crippen molar-refractivity contribution in [3.05, 3.63) is 11.6 Å². The van der Waals surface area contributed by atoms with Crippen LogP contribution in [-0.2, 0) is 4.74 Å². The molecule has 1 aliphatic heterocycles. The van der Waals surface area contributed by atoms with Crippen LogP contribution in [0.5, 0.6) is 0 Å². The molecule has 0 aromatic heterocycles. The first-order chi connectivity index (χ1) is 9.92. The summed E-state index contributed by atoms with van der Waals surface area (Å²) in [6.45, 7) is 1.05. The van der Waals surface area contributed by atoms with Crippen LogP contribution in [0, 0.1) is 35.5 Å². The van der Waals surface area contributed by atoms with E-state index < -0.39 is 0 Å². The molecule has 7 atom stereocenters. The van der Waals surface area contributed by atoms with Crippen molar-refractivity contribution in [2.75, 3.05) is 6.61 Å².